The lowest BCUT2D eigenvalue weighted by Gasteiger charge is -2.45. The van der Waals surface area contributed by atoms with E-state index in [-0.39, 0.29) is 12.6 Å². The molecule has 2 heterocycles. The maximum atomic E-state index is 11.2. The SMILES string of the molecule is CCCC1CN(c2ccncc2)CCN1C(CCC(=O)O)Oc1ccccc1. The highest BCUT2D eigenvalue weighted by Gasteiger charge is 2.33. The molecule has 1 aliphatic heterocycles. The van der Waals surface area contributed by atoms with Crippen molar-refractivity contribution in [2.24, 2.45) is 0 Å². The minimum Gasteiger partial charge on any atom is -0.481 e. The normalized spacial score (nSPS) is 18.6. The van der Waals surface area contributed by atoms with Gasteiger partial charge in [-0.2, -0.15) is 0 Å². The van der Waals surface area contributed by atoms with Crippen LogP contribution in [0.1, 0.15) is 32.6 Å². The Balaban J connectivity index is 1.76. The molecule has 0 radical (unpaired) electrons. The van der Waals surface area contributed by atoms with Gasteiger partial charge >= 0.3 is 5.97 Å². The van der Waals surface area contributed by atoms with Crippen LogP contribution in [0, 0.1) is 0 Å². The average molecular weight is 383 g/mol. The second kappa shape index (κ2) is 10.1. The van der Waals surface area contributed by atoms with Crippen molar-refractivity contribution < 1.29 is 14.6 Å². The van der Waals surface area contributed by atoms with Crippen molar-refractivity contribution in [3.05, 3.63) is 54.9 Å². The first kappa shape index (κ1) is 20.1. The lowest BCUT2D eigenvalue weighted by molar-refractivity contribution is -0.138. The first-order chi connectivity index (χ1) is 13.7. The molecule has 2 atom stereocenters. The zero-order chi connectivity index (χ0) is 19.8. The van der Waals surface area contributed by atoms with Crippen molar-refractivity contribution in [2.75, 3.05) is 24.5 Å². The topological polar surface area (TPSA) is 65.9 Å². The van der Waals surface area contributed by atoms with Gasteiger partial charge in [0.25, 0.3) is 0 Å². The van der Waals surface area contributed by atoms with Gasteiger partial charge in [0.1, 0.15) is 5.75 Å². The highest BCUT2D eigenvalue weighted by atomic mass is 16.5. The summed E-state index contributed by atoms with van der Waals surface area (Å²) in [5.41, 5.74) is 1.18. The molecule has 0 aliphatic carbocycles. The number of nitrogens with zero attached hydrogens (tertiary/aromatic N) is 3. The Labute approximate surface area is 166 Å². The molecule has 1 saturated heterocycles. The Bertz CT molecular complexity index is 726. The number of piperazine rings is 1. The largest absolute Gasteiger partial charge is 0.481 e. The van der Waals surface area contributed by atoms with E-state index in [0.717, 1.165) is 38.2 Å². The minimum absolute atomic E-state index is 0.0981. The lowest BCUT2D eigenvalue weighted by Crippen LogP contribution is -2.58. The quantitative estimate of drug-likeness (QED) is 0.713. The van der Waals surface area contributed by atoms with Crippen molar-refractivity contribution in [3.8, 4) is 5.75 Å². The van der Waals surface area contributed by atoms with E-state index in [1.54, 1.807) is 0 Å². The average Bonchev–Trinajstić information content (AvgIpc) is 2.73. The Morgan fingerprint density at radius 3 is 2.64 bits per heavy atom. The van der Waals surface area contributed by atoms with Gasteiger partial charge in [-0.05, 0) is 30.7 Å². The zero-order valence-corrected chi connectivity index (χ0v) is 16.4. The third kappa shape index (κ3) is 5.45. The van der Waals surface area contributed by atoms with Crippen LogP contribution in [-0.2, 0) is 4.79 Å². The van der Waals surface area contributed by atoms with Crippen LogP contribution in [0.15, 0.2) is 54.9 Å². The summed E-state index contributed by atoms with van der Waals surface area (Å²) in [7, 11) is 0. The second-order valence-corrected chi connectivity index (χ2v) is 7.15. The number of carboxylic acid groups (broad SMARTS) is 1. The number of carbonyl (C=O) groups is 1. The van der Waals surface area contributed by atoms with Crippen LogP contribution in [0.3, 0.4) is 0 Å². The predicted molar refractivity (Wildman–Crippen MR) is 110 cm³/mol. The maximum Gasteiger partial charge on any atom is 0.303 e. The maximum absolute atomic E-state index is 11.2. The molecule has 2 unspecified atom stereocenters. The van der Waals surface area contributed by atoms with Crippen molar-refractivity contribution in [1.82, 2.24) is 9.88 Å². The summed E-state index contributed by atoms with van der Waals surface area (Å²) < 4.78 is 6.26. The first-order valence-electron chi connectivity index (χ1n) is 10.0. The second-order valence-electron chi connectivity index (χ2n) is 7.15. The number of ether oxygens (including phenoxy) is 1. The van der Waals surface area contributed by atoms with Crippen molar-refractivity contribution in [1.29, 1.82) is 0 Å². The van der Waals surface area contributed by atoms with Gasteiger partial charge in [0.2, 0.25) is 0 Å². The molecular weight excluding hydrogens is 354 g/mol. The van der Waals surface area contributed by atoms with Gasteiger partial charge in [0, 0.05) is 50.2 Å². The van der Waals surface area contributed by atoms with E-state index < -0.39 is 5.97 Å². The fourth-order valence-electron chi connectivity index (χ4n) is 3.82. The van der Waals surface area contributed by atoms with Gasteiger partial charge < -0.3 is 14.7 Å². The van der Waals surface area contributed by atoms with Gasteiger partial charge in [-0.1, -0.05) is 31.5 Å². The number of pyridine rings is 1. The highest BCUT2D eigenvalue weighted by molar-refractivity contribution is 5.66. The summed E-state index contributed by atoms with van der Waals surface area (Å²) in [6.07, 6.45) is 6.09. The summed E-state index contributed by atoms with van der Waals surface area (Å²) in [6, 6.07) is 14.1. The Morgan fingerprint density at radius 2 is 1.96 bits per heavy atom. The third-order valence-corrected chi connectivity index (χ3v) is 5.17. The highest BCUT2D eigenvalue weighted by Crippen LogP contribution is 2.25. The number of aliphatic carboxylic acids is 1. The number of hydrogen-bond acceptors (Lipinski definition) is 5. The van der Waals surface area contributed by atoms with Crippen LogP contribution in [0.5, 0.6) is 5.75 Å². The number of rotatable bonds is 9. The molecule has 0 amide bonds. The number of hydrogen-bond donors (Lipinski definition) is 1. The summed E-state index contributed by atoms with van der Waals surface area (Å²) in [5.74, 6) is -0.00572. The standard InChI is InChI=1S/C22H29N3O3/c1-2-6-19-17-24(18-11-13-23-14-12-18)15-16-25(19)21(9-10-22(26)27)28-20-7-4-3-5-8-20/h3-5,7-8,11-14,19,21H,2,6,9-10,15-17H2,1H3,(H,26,27). The summed E-state index contributed by atoms with van der Waals surface area (Å²) >= 11 is 0. The zero-order valence-electron chi connectivity index (χ0n) is 16.4. The van der Waals surface area contributed by atoms with Crippen molar-refractivity contribution in [2.45, 2.75) is 44.9 Å². The smallest absolute Gasteiger partial charge is 0.303 e. The van der Waals surface area contributed by atoms with E-state index in [4.69, 9.17) is 4.74 Å². The molecule has 1 aromatic carbocycles. The Morgan fingerprint density at radius 1 is 1.21 bits per heavy atom. The van der Waals surface area contributed by atoms with Crippen molar-refractivity contribution >= 4 is 11.7 Å². The Kier molecular flexibility index (Phi) is 7.25. The number of anilines is 1. The van der Waals surface area contributed by atoms with E-state index in [1.807, 2.05) is 54.9 Å². The van der Waals surface area contributed by atoms with Crippen LogP contribution in [0.25, 0.3) is 0 Å². The van der Waals surface area contributed by atoms with Crippen LogP contribution in [-0.4, -0.2) is 52.9 Å². The minimum atomic E-state index is -0.788. The van der Waals surface area contributed by atoms with E-state index in [2.05, 4.69) is 21.7 Å². The third-order valence-electron chi connectivity index (χ3n) is 5.17. The van der Waals surface area contributed by atoms with Crippen LogP contribution in [0.2, 0.25) is 0 Å². The first-order valence-corrected chi connectivity index (χ1v) is 10.0. The van der Waals surface area contributed by atoms with Gasteiger partial charge in [-0.25, -0.2) is 0 Å². The van der Waals surface area contributed by atoms with E-state index >= 15 is 0 Å². The number of benzene rings is 1. The molecule has 1 fully saturated rings. The van der Waals surface area contributed by atoms with Gasteiger partial charge in [0.05, 0.1) is 6.42 Å². The number of para-hydroxylation sites is 1. The Hall–Kier alpha value is -2.60. The van der Waals surface area contributed by atoms with Gasteiger partial charge in [-0.15, -0.1) is 0 Å². The molecule has 1 aromatic heterocycles. The summed E-state index contributed by atoms with van der Waals surface area (Å²) in [4.78, 5) is 20.1. The van der Waals surface area contributed by atoms with Crippen LogP contribution in [0.4, 0.5) is 5.69 Å². The molecule has 2 aromatic rings. The molecule has 0 saturated carbocycles. The molecule has 6 heteroatoms. The summed E-state index contributed by atoms with van der Waals surface area (Å²) in [6.45, 7) is 4.81. The lowest BCUT2D eigenvalue weighted by atomic mass is 10.0. The predicted octanol–water partition coefficient (Wildman–Crippen LogP) is 3.64. The van der Waals surface area contributed by atoms with E-state index in [9.17, 15) is 9.90 Å². The molecular formula is C22H29N3O3. The molecule has 1 N–H and O–H groups in total. The molecule has 6 nitrogen and oxygen atoms in total. The van der Waals surface area contributed by atoms with E-state index in [1.165, 1.54) is 5.69 Å². The molecule has 150 valence electrons. The fourth-order valence-corrected chi connectivity index (χ4v) is 3.82. The molecule has 0 spiro atoms. The molecule has 28 heavy (non-hydrogen) atoms. The van der Waals surface area contributed by atoms with Crippen molar-refractivity contribution in [3.63, 3.8) is 0 Å². The number of carboxylic acids is 1. The van der Waals surface area contributed by atoms with Crippen LogP contribution >= 0.6 is 0 Å². The monoisotopic (exact) mass is 383 g/mol. The number of aromatic nitrogens is 1. The van der Waals surface area contributed by atoms with Gasteiger partial charge in [0.15, 0.2) is 6.23 Å². The summed E-state index contributed by atoms with van der Waals surface area (Å²) in [5, 5.41) is 9.20. The van der Waals surface area contributed by atoms with E-state index in [0.29, 0.717) is 12.5 Å². The van der Waals surface area contributed by atoms with Gasteiger partial charge in [-0.3, -0.25) is 14.7 Å². The van der Waals surface area contributed by atoms with Crippen LogP contribution < -0.4 is 9.64 Å². The molecule has 3 rings (SSSR count). The molecule has 0 bridgehead atoms. The molecule has 1 aliphatic rings. The fraction of sp³-hybridized carbons (Fsp3) is 0.455.